The summed E-state index contributed by atoms with van der Waals surface area (Å²) in [5.74, 6) is 1.06. The number of carbonyl (C=O) groups is 1. The van der Waals surface area contributed by atoms with E-state index >= 15 is 0 Å². The molecule has 1 heterocycles. The van der Waals surface area contributed by atoms with E-state index in [-0.39, 0.29) is 5.78 Å². The van der Waals surface area contributed by atoms with Gasteiger partial charge in [0, 0.05) is 6.42 Å². The maximum Gasteiger partial charge on any atom is 0.170 e. The van der Waals surface area contributed by atoms with Gasteiger partial charge in [0.1, 0.15) is 5.75 Å². The molecule has 0 unspecified atom stereocenters. The molecule has 0 bridgehead atoms. The lowest BCUT2D eigenvalue weighted by Gasteiger charge is -2.20. The SMILES string of the molecule is O=C(CC1=CCCCC1)c1cccc2c1OCCC2. The molecule has 0 radical (unpaired) electrons. The first-order chi connectivity index (χ1) is 9.34. The van der Waals surface area contributed by atoms with Crippen molar-refractivity contribution in [3.63, 3.8) is 0 Å². The largest absolute Gasteiger partial charge is 0.493 e. The van der Waals surface area contributed by atoms with Crippen LogP contribution in [0.15, 0.2) is 29.8 Å². The van der Waals surface area contributed by atoms with Crippen LogP contribution < -0.4 is 4.74 Å². The summed E-state index contributed by atoms with van der Waals surface area (Å²) in [4.78, 5) is 12.5. The Bertz CT molecular complexity index is 514. The van der Waals surface area contributed by atoms with E-state index < -0.39 is 0 Å². The molecule has 0 amide bonds. The van der Waals surface area contributed by atoms with Crippen molar-refractivity contribution in [2.75, 3.05) is 6.61 Å². The quantitative estimate of drug-likeness (QED) is 0.601. The third kappa shape index (κ3) is 2.73. The molecule has 0 fully saturated rings. The predicted molar refractivity (Wildman–Crippen MR) is 75.8 cm³/mol. The lowest BCUT2D eigenvalue weighted by Crippen LogP contribution is -2.13. The average molecular weight is 256 g/mol. The maximum absolute atomic E-state index is 12.5. The van der Waals surface area contributed by atoms with E-state index in [2.05, 4.69) is 12.1 Å². The van der Waals surface area contributed by atoms with Crippen molar-refractivity contribution in [1.82, 2.24) is 0 Å². The number of ether oxygens (including phenoxy) is 1. The predicted octanol–water partition coefficient (Wildman–Crippen LogP) is 4.08. The number of hydrogen-bond donors (Lipinski definition) is 0. The molecule has 2 aliphatic rings. The Balaban J connectivity index is 1.81. The van der Waals surface area contributed by atoms with Gasteiger partial charge >= 0.3 is 0 Å². The van der Waals surface area contributed by atoms with Crippen LogP contribution in [0.25, 0.3) is 0 Å². The highest BCUT2D eigenvalue weighted by molar-refractivity contribution is 6.00. The lowest BCUT2D eigenvalue weighted by molar-refractivity contribution is 0.0986. The molecule has 0 aromatic heterocycles. The van der Waals surface area contributed by atoms with E-state index in [0.29, 0.717) is 6.42 Å². The first-order valence-electron chi connectivity index (χ1n) is 7.30. The van der Waals surface area contributed by atoms with E-state index in [0.717, 1.165) is 43.6 Å². The number of hydrogen-bond acceptors (Lipinski definition) is 2. The summed E-state index contributed by atoms with van der Waals surface area (Å²) in [7, 11) is 0. The number of rotatable bonds is 3. The molecule has 1 aliphatic heterocycles. The Morgan fingerprint density at radius 3 is 2.95 bits per heavy atom. The fourth-order valence-electron chi connectivity index (χ4n) is 2.98. The topological polar surface area (TPSA) is 26.3 Å². The van der Waals surface area contributed by atoms with Crippen molar-refractivity contribution in [3.8, 4) is 5.75 Å². The zero-order valence-corrected chi connectivity index (χ0v) is 11.3. The Hall–Kier alpha value is -1.57. The zero-order chi connectivity index (χ0) is 13.1. The van der Waals surface area contributed by atoms with Crippen molar-refractivity contribution in [2.45, 2.75) is 44.9 Å². The Morgan fingerprint density at radius 1 is 1.16 bits per heavy atom. The van der Waals surface area contributed by atoms with Gasteiger partial charge in [-0.2, -0.15) is 0 Å². The Kier molecular flexibility index (Phi) is 3.67. The van der Waals surface area contributed by atoms with Crippen LogP contribution in [0.3, 0.4) is 0 Å². The number of ketones is 1. The molecule has 0 N–H and O–H groups in total. The fraction of sp³-hybridized carbons (Fsp3) is 0.471. The number of para-hydroxylation sites is 1. The molecule has 2 nitrogen and oxygen atoms in total. The second kappa shape index (κ2) is 5.60. The smallest absolute Gasteiger partial charge is 0.170 e. The first-order valence-corrected chi connectivity index (χ1v) is 7.30. The zero-order valence-electron chi connectivity index (χ0n) is 11.3. The third-order valence-corrected chi connectivity index (χ3v) is 4.01. The summed E-state index contributed by atoms with van der Waals surface area (Å²) in [6.45, 7) is 0.736. The molecule has 1 aromatic rings. The van der Waals surface area contributed by atoms with Gasteiger partial charge in [-0.3, -0.25) is 4.79 Å². The van der Waals surface area contributed by atoms with Crippen molar-refractivity contribution >= 4 is 5.78 Å². The molecular formula is C17H20O2. The van der Waals surface area contributed by atoms with Gasteiger partial charge in [-0.15, -0.1) is 0 Å². The van der Waals surface area contributed by atoms with Crippen molar-refractivity contribution in [2.24, 2.45) is 0 Å². The van der Waals surface area contributed by atoms with Gasteiger partial charge in [-0.25, -0.2) is 0 Å². The van der Waals surface area contributed by atoms with Gasteiger partial charge in [-0.1, -0.05) is 23.8 Å². The summed E-state index contributed by atoms with van der Waals surface area (Å²) in [5, 5.41) is 0. The maximum atomic E-state index is 12.5. The molecule has 0 saturated carbocycles. The third-order valence-electron chi connectivity index (χ3n) is 4.01. The minimum absolute atomic E-state index is 0.215. The summed E-state index contributed by atoms with van der Waals surface area (Å²) in [6.07, 6.45) is 9.60. The van der Waals surface area contributed by atoms with Crippen LogP contribution in [-0.4, -0.2) is 12.4 Å². The van der Waals surface area contributed by atoms with Gasteiger partial charge in [0.25, 0.3) is 0 Å². The van der Waals surface area contributed by atoms with Gasteiger partial charge in [0.05, 0.1) is 12.2 Å². The summed E-state index contributed by atoms with van der Waals surface area (Å²) < 4.78 is 5.72. The van der Waals surface area contributed by atoms with E-state index in [1.165, 1.54) is 24.0 Å². The number of allylic oxidation sites excluding steroid dienone is 2. The van der Waals surface area contributed by atoms with Crippen LogP contribution in [0, 0.1) is 0 Å². The van der Waals surface area contributed by atoms with Gasteiger partial charge in [0.2, 0.25) is 0 Å². The monoisotopic (exact) mass is 256 g/mol. The summed E-state index contributed by atoms with van der Waals surface area (Å²) >= 11 is 0. The molecule has 0 saturated heterocycles. The highest BCUT2D eigenvalue weighted by Crippen LogP contribution is 2.31. The van der Waals surface area contributed by atoms with Crippen LogP contribution in [-0.2, 0) is 6.42 Å². The Morgan fingerprint density at radius 2 is 2.11 bits per heavy atom. The Labute approximate surface area is 114 Å². The van der Waals surface area contributed by atoms with Crippen LogP contribution in [0.4, 0.5) is 0 Å². The van der Waals surface area contributed by atoms with Crippen molar-refractivity contribution in [1.29, 1.82) is 0 Å². The molecule has 1 aliphatic carbocycles. The molecular weight excluding hydrogens is 236 g/mol. The summed E-state index contributed by atoms with van der Waals surface area (Å²) in [5.41, 5.74) is 3.28. The molecule has 0 spiro atoms. The second-order valence-corrected chi connectivity index (χ2v) is 5.45. The van der Waals surface area contributed by atoms with Crippen LogP contribution in [0.2, 0.25) is 0 Å². The molecule has 100 valence electrons. The van der Waals surface area contributed by atoms with Gasteiger partial charge in [-0.05, 0) is 50.2 Å². The fourth-order valence-corrected chi connectivity index (χ4v) is 2.98. The standard InChI is InChI=1S/C17H20O2/c18-16(12-13-6-2-1-3-7-13)15-10-4-8-14-9-5-11-19-17(14)15/h4,6,8,10H,1-3,5,7,9,11-12H2. The minimum Gasteiger partial charge on any atom is -0.493 e. The number of carbonyl (C=O) groups excluding carboxylic acids is 1. The highest BCUT2D eigenvalue weighted by Gasteiger charge is 2.20. The first kappa shape index (κ1) is 12.5. The second-order valence-electron chi connectivity index (χ2n) is 5.45. The van der Waals surface area contributed by atoms with E-state index in [4.69, 9.17) is 4.74 Å². The number of Topliss-reactive ketones (excluding diaryl/α,β-unsaturated/α-hetero) is 1. The van der Waals surface area contributed by atoms with E-state index in [1.54, 1.807) is 0 Å². The van der Waals surface area contributed by atoms with Crippen LogP contribution in [0.5, 0.6) is 5.75 Å². The van der Waals surface area contributed by atoms with Crippen molar-refractivity contribution in [3.05, 3.63) is 41.0 Å². The normalized spacial score (nSPS) is 18.2. The van der Waals surface area contributed by atoms with E-state index in [9.17, 15) is 4.79 Å². The van der Waals surface area contributed by atoms with Gasteiger partial charge in [0.15, 0.2) is 5.78 Å². The number of fused-ring (bicyclic) bond motifs is 1. The van der Waals surface area contributed by atoms with Crippen LogP contribution >= 0.6 is 0 Å². The average Bonchev–Trinajstić information content (AvgIpc) is 2.47. The molecule has 19 heavy (non-hydrogen) atoms. The number of aryl methyl sites for hydroxylation is 1. The highest BCUT2D eigenvalue weighted by atomic mass is 16.5. The molecule has 2 heteroatoms. The molecule has 3 rings (SSSR count). The van der Waals surface area contributed by atoms with Crippen LogP contribution in [0.1, 0.15) is 54.4 Å². The molecule has 0 atom stereocenters. The molecule has 1 aromatic carbocycles. The van der Waals surface area contributed by atoms with Gasteiger partial charge < -0.3 is 4.74 Å². The van der Waals surface area contributed by atoms with E-state index in [1.807, 2.05) is 12.1 Å². The minimum atomic E-state index is 0.215. The lowest BCUT2D eigenvalue weighted by atomic mass is 9.92. The van der Waals surface area contributed by atoms with Crippen molar-refractivity contribution < 1.29 is 9.53 Å². The number of benzene rings is 1. The summed E-state index contributed by atoms with van der Waals surface area (Å²) in [6, 6.07) is 5.97.